The molecule has 0 saturated carbocycles. The van der Waals surface area contributed by atoms with Gasteiger partial charge in [0.1, 0.15) is 0 Å². The fourth-order valence-electron chi connectivity index (χ4n) is 2.01. The number of carbonyl (C=O) groups excluding carboxylic acids is 1. The molecular weight excluding hydrogens is 281 g/mol. The van der Waals surface area contributed by atoms with Gasteiger partial charge < -0.3 is 5.32 Å². The smallest absolute Gasteiger partial charge is 0.167 e. The summed E-state index contributed by atoms with van der Waals surface area (Å²) in [6.07, 6.45) is 2.95. The van der Waals surface area contributed by atoms with Crippen LogP contribution in [0.1, 0.15) is 43.5 Å². The van der Waals surface area contributed by atoms with Gasteiger partial charge in [-0.2, -0.15) is 0 Å². The highest BCUT2D eigenvalue weighted by atomic mass is 35.5. The molecule has 1 atom stereocenters. The summed E-state index contributed by atoms with van der Waals surface area (Å²) in [7, 11) is 0. The first kappa shape index (κ1) is 16.5. The molecule has 4 heteroatoms. The lowest BCUT2D eigenvalue weighted by Crippen LogP contribution is -2.29. The molecule has 0 amide bonds. The third-order valence-corrected chi connectivity index (χ3v) is 3.77. The van der Waals surface area contributed by atoms with E-state index in [2.05, 4.69) is 19.2 Å². The molecule has 0 fully saturated rings. The van der Waals surface area contributed by atoms with Crippen LogP contribution in [0.15, 0.2) is 18.2 Å². The molecule has 1 aromatic carbocycles. The number of ketones is 1. The monoisotopic (exact) mass is 301 g/mol. The van der Waals surface area contributed by atoms with Crippen LogP contribution in [0, 0.1) is 5.92 Å². The van der Waals surface area contributed by atoms with Crippen molar-refractivity contribution in [1.82, 2.24) is 5.32 Å². The van der Waals surface area contributed by atoms with Gasteiger partial charge in [0, 0.05) is 18.0 Å². The molecule has 106 valence electrons. The van der Waals surface area contributed by atoms with E-state index in [0.29, 0.717) is 15.6 Å². The summed E-state index contributed by atoms with van der Waals surface area (Å²) in [5.41, 5.74) is 0.645. The van der Waals surface area contributed by atoms with E-state index >= 15 is 0 Å². The van der Waals surface area contributed by atoms with Crippen molar-refractivity contribution in [3.8, 4) is 0 Å². The van der Waals surface area contributed by atoms with Gasteiger partial charge in [-0.1, -0.05) is 43.5 Å². The maximum atomic E-state index is 12.5. The minimum absolute atomic E-state index is 0.00814. The van der Waals surface area contributed by atoms with Gasteiger partial charge in [0.05, 0.1) is 10.0 Å². The normalized spacial score (nSPS) is 12.4. The molecule has 19 heavy (non-hydrogen) atoms. The first-order valence-electron chi connectivity index (χ1n) is 6.80. The zero-order chi connectivity index (χ0) is 14.3. The second-order valence-corrected chi connectivity index (χ2v) is 5.50. The van der Waals surface area contributed by atoms with Gasteiger partial charge in [-0.3, -0.25) is 4.79 Å². The van der Waals surface area contributed by atoms with Crippen LogP contribution in [0.4, 0.5) is 0 Å². The maximum Gasteiger partial charge on any atom is 0.167 e. The van der Waals surface area contributed by atoms with Crippen LogP contribution in [0.3, 0.4) is 0 Å². The molecule has 0 spiro atoms. The van der Waals surface area contributed by atoms with Gasteiger partial charge in [-0.25, -0.2) is 0 Å². The molecule has 2 nitrogen and oxygen atoms in total. The van der Waals surface area contributed by atoms with Crippen LogP contribution >= 0.6 is 23.2 Å². The second-order valence-electron chi connectivity index (χ2n) is 4.68. The van der Waals surface area contributed by atoms with Gasteiger partial charge in [-0.15, -0.1) is 0 Å². The van der Waals surface area contributed by atoms with E-state index < -0.39 is 0 Å². The summed E-state index contributed by atoms with van der Waals surface area (Å²) in [6, 6.07) is 5.09. The predicted molar refractivity (Wildman–Crippen MR) is 82.4 cm³/mol. The number of rotatable bonds is 8. The summed E-state index contributed by atoms with van der Waals surface area (Å²) in [4.78, 5) is 12.5. The summed E-state index contributed by atoms with van der Waals surface area (Å²) < 4.78 is 0. The molecule has 0 bridgehead atoms. The Balaban J connectivity index is 2.76. The third kappa shape index (κ3) is 5.13. The number of nitrogens with one attached hydrogen (secondary N) is 1. The fraction of sp³-hybridized carbons (Fsp3) is 0.533. The Morgan fingerprint density at radius 1 is 1.21 bits per heavy atom. The molecule has 1 rings (SSSR count). The highest BCUT2D eigenvalue weighted by Gasteiger charge is 2.19. The highest BCUT2D eigenvalue weighted by Crippen LogP contribution is 2.24. The standard InChI is InChI=1S/C15H21Cl2NO/c1-3-5-12(10-18-8-4-2)15(19)11-6-7-13(16)14(17)9-11/h6-7,9,12,18H,3-5,8,10H2,1-2H3. The van der Waals surface area contributed by atoms with Crippen LogP contribution in [-0.2, 0) is 0 Å². The number of benzene rings is 1. The topological polar surface area (TPSA) is 29.1 Å². The van der Waals surface area contributed by atoms with Gasteiger partial charge >= 0.3 is 0 Å². The minimum atomic E-state index is 0.00814. The van der Waals surface area contributed by atoms with E-state index in [-0.39, 0.29) is 11.7 Å². The van der Waals surface area contributed by atoms with Gasteiger partial charge in [-0.05, 0) is 37.6 Å². The van der Waals surface area contributed by atoms with Crippen LogP contribution in [0.25, 0.3) is 0 Å². The van der Waals surface area contributed by atoms with Crippen LogP contribution < -0.4 is 5.32 Å². The van der Waals surface area contributed by atoms with E-state index in [1.54, 1.807) is 18.2 Å². The Bertz CT molecular complexity index is 421. The fourth-order valence-corrected chi connectivity index (χ4v) is 2.31. The molecule has 0 radical (unpaired) electrons. The molecule has 0 heterocycles. The third-order valence-electron chi connectivity index (χ3n) is 3.03. The maximum absolute atomic E-state index is 12.5. The Kier molecular flexibility index (Phi) is 7.44. The molecule has 0 aliphatic carbocycles. The zero-order valence-electron chi connectivity index (χ0n) is 11.5. The van der Waals surface area contributed by atoms with Crippen molar-refractivity contribution in [2.24, 2.45) is 5.92 Å². The SMILES string of the molecule is CCCNCC(CCC)C(=O)c1ccc(Cl)c(Cl)c1. The zero-order valence-corrected chi connectivity index (χ0v) is 13.0. The Morgan fingerprint density at radius 2 is 1.95 bits per heavy atom. The van der Waals surface area contributed by atoms with E-state index in [1.165, 1.54) is 0 Å². The molecule has 1 N–H and O–H groups in total. The largest absolute Gasteiger partial charge is 0.316 e. The van der Waals surface area contributed by atoms with Crippen molar-refractivity contribution in [2.45, 2.75) is 33.1 Å². The number of hydrogen-bond acceptors (Lipinski definition) is 2. The van der Waals surface area contributed by atoms with E-state index in [1.807, 2.05) is 0 Å². The number of hydrogen-bond donors (Lipinski definition) is 1. The van der Waals surface area contributed by atoms with Gasteiger partial charge in [0.2, 0.25) is 0 Å². The van der Waals surface area contributed by atoms with Crippen LogP contribution in [0.2, 0.25) is 10.0 Å². The van der Waals surface area contributed by atoms with Crippen molar-refractivity contribution in [1.29, 1.82) is 0 Å². The predicted octanol–water partition coefficient (Wildman–Crippen LogP) is 4.59. The Labute approximate surface area is 125 Å². The molecule has 0 aliphatic rings. The Morgan fingerprint density at radius 3 is 2.53 bits per heavy atom. The highest BCUT2D eigenvalue weighted by molar-refractivity contribution is 6.42. The van der Waals surface area contributed by atoms with Crippen molar-refractivity contribution >= 4 is 29.0 Å². The molecule has 1 aromatic rings. The van der Waals surface area contributed by atoms with Crippen LogP contribution in [-0.4, -0.2) is 18.9 Å². The van der Waals surface area contributed by atoms with E-state index in [4.69, 9.17) is 23.2 Å². The summed E-state index contributed by atoms with van der Waals surface area (Å²) in [5, 5.41) is 4.23. The lowest BCUT2D eigenvalue weighted by atomic mass is 9.93. The second kappa shape index (κ2) is 8.57. The summed E-state index contributed by atoms with van der Waals surface area (Å²) in [5.74, 6) is 0.151. The summed E-state index contributed by atoms with van der Waals surface area (Å²) >= 11 is 11.8. The minimum Gasteiger partial charge on any atom is -0.316 e. The average Bonchev–Trinajstić information content (AvgIpc) is 2.40. The molecular formula is C15H21Cl2NO. The van der Waals surface area contributed by atoms with E-state index in [9.17, 15) is 4.79 Å². The number of carbonyl (C=O) groups is 1. The molecule has 1 unspecified atom stereocenters. The first-order valence-corrected chi connectivity index (χ1v) is 7.55. The summed E-state index contributed by atoms with van der Waals surface area (Å²) in [6.45, 7) is 5.87. The number of Topliss-reactive ketones (excluding diaryl/α,β-unsaturated/α-hetero) is 1. The first-order chi connectivity index (χ1) is 9.10. The average molecular weight is 302 g/mol. The van der Waals surface area contributed by atoms with Gasteiger partial charge in [0.25, 0.3) is 0 Å². The lowest BCUT2D eigenvalue weighted by Gasteiger charge is -2.16. The number of halogens is 2. The molecule has 0 saturated heterocycles. The Hall–Kier alpha value is -0.570. The van der Waals surface area contributed by atoms with Crippen molar-refractivity contribution in [2.75, 3.05) is 13.1 Å². The van der Waals surface area contributed by atoms with Crippen molar-refractivity contribution in [3.63, 3.8) is 0 Å². The van der Waals surface area contributed by atoms with Crippen LogP contribution in [0.5, 0.6) is 0 Å². The quantitative estimate of drug-likeness (QED) is 0.562. The molecule has 0 aromatic heterocycles. The molecule has 0 aliphatic heterocycles. The van der Waals surface area contributed by atoms with Crippen molar-refractivity contribution < 1.29 is 4.79 Å². The van der Waals surface area contributed by atoms with E-state index in [0.717, 1.165) is 32.4 Å². The van der Waals surface area contributed by atoms with Gasteiger partial charge in [0.15, 0.2) is 5.78 Å². The lowest BCUT2D eigenvalue weighted by molar-refractivity contribution is 0.0911. The van der Waals surface area contributed by atoms with Crippen molar-refractivity contribution in [3.05, 3.63) is 33.8 Å².